The largest absolute Gasteiger partial charge is 0.340 e. The van der Waals surface area contributed by atoms with Crippen LogP contribution in [0.3, 0.4) is 0 Å². The minimum atomic E-state index is -0.285. The second-order valence-electron chi connectivity index (χ2n) is 7.09. The van der Waals surface area contributed by atoms with E-state index >= 15 is 0 Å². The smallest absolute Gasteiger partial charge is 0.224 e. The van der Waals surface area contributed by atoms with Crippen LogP contribution in [0.2, 0.25) is 5.28 Å². The summed E-state index contributed by atoms with van der Waals surface area (Å²) in [4.78, 5) is 18.2. The van der Waals surface area contributed by atoms with E-state index in [-0.39, 0.29) is 22.9 Å². The Kier molecular flexibility index (Phi) is 3.87. The second kappa shape index (κ2) is 5.48. The van der Waals surface area contributed by atoms with Gasteiger partial charge in [0.25, 0.3) is 0 Å². The minimum Gasteiger partial charge on any atom is -0.340 e. The van der Waals surface area contributed by atoms with E-state index in [4.69, 9.17) is 16.6 Å². The molecule has 0 amide bonds. The molecule has 2 aliphatic rings. The van der Waals surface area contributed by atoms with Crippen molar-refractivity contribution in [1.82, 2.24) is 9.97 Å². The van der Waals surface area contributed by atoms with E-state index < -0.39 is 0 Å². The van der Waals surface area contributed by atoms with Crippen LogP contribution in [0.4, 0.5) is 11.5 Å². The van der Waals surface area contributed by atoms with Crippen molar-refractivity contribution in [2.24, 2.45) is 4.99 Å². The number of halogens is 1. The van der Waals surface area contributed by atoms with Crippen LogP contribution in [0.1, 0.15) is 48.0 Å². The summed E-state index contributed by atoms with van der Waals surface area (Å²) in [6.07, 6.45) is 4.98. The van der Waals surface area contributed by atoms with Crippen LogP contribution < -0.4 is 9.80 Å². The summed E-state index contributed by atoms with van der Waals surface area (Å²) in [7, 11) is 0. The van der Waals surface area contributed by atoms with Crippen LogP contribution in [0.25, 0.3) is 0 Å². The second-order valence-corrected chi connectivity index (χ2v) is 7.43. The molecule has 0 aliphatic carbocycles. The molecule has 0 radical (unpaired) electrons. The molecule has 0 bridgehead atoms. The molecule has 1 atom stereocenters. The highest BCUT2D eigenvalue weighted by atomic mass is 35.5. The monoisotopic (exact) mass is 333 g/mol. The summed E-state index contributed by atoms with van der Waals surface area (Å²) in [5.41, 5.74) is 1.83. The van der Waals surface area contributed by atoms with Crippen molar-refractivity contribution in [3.63, 3.8) is 0 Å². The molecule has 1 aromatic heterocycles. The Morgan fingerprint density at radius 2 is 2.04 bits per heavy atom. The van der Waals surface area contributed by atoms with Crippen LogP contribution in [-0.2, 0) is 0 Å². The van der Waals surface area contributed by atoms with Crippen LogP contribution in [0.5, 0.6) is 0 Å². The van der Waals surface area contributed by atoms with Crippen molar-refractivity contribution in [1.29, 1.82) is 0 Å². The van der Waals surface area contributed by atoms with Crippen molar-refractivity contribution < 1.29 is 0 Å². The zero-order chi connectivity index (χ0) is 16.9. The highest BCUT2D eigenvalue weighted by Gasteiger charge is 2.46. The zero-order valence-electron chi connectivity index (χ0n) is 14.6. The summed E-state index contributed by atoms with van der Waals surface area (Å²) in [6, 6.07) is 0.524. The number of fused-ring (bicyclic) bond motifs is 3. The molecule has 1 aromatic rings. The van der Waals surface area contributed by atoms with E-state index in [1.807, 2.05) is 0 Å². The molecule has 1 unspecified atom stereocenters. The summed E-state index contributed by atoms with van der Waals surface area (Å²) in [5, 5.41) is 0.274. The molecular formula is C17H24ClN5. The fourth-order valence-electron chi connectivity index (χ4n) is 3.60. The normalized spacial score (nSPS) is 23.0. The molecule has 3 heterocycles. The molecular weight excluding hydrogens is 310 g/mol. The van der Waals surface area contributed by atoms with Gasteiger partial charge < -0.3 is 4.90 Å². The molecule has 3 rings (SSSR count). The third-order valence-corrected chi connectivity index (χ3v) is 4.70. The molecule has 0 saturated carbocycles. The molecule has 0 aromatic carbocycles. The van der Waals surface area contributed by atoms with Gasteiger partial charge in [0.2, 0.25) is 5.28 Å². The molecule has 0 N–H and O–H groups in total. The standard InChI is InChI=1S/C17H24ClN5/c1-10(2)23-14-13(9-19-16(18)21-14)22-12(4)8-7-11(3)20-15(22)17(23,5)6/h8-11H,7H2,1-6H3. The van der Waals surface area contributed by atoms with Crippen molar-refractivity contribution in [2.45, 2.75) is 65.6 Å². The van der Waals surface area contributed by atoms with Crippen molar-refractivity contribution >= 4 is 28.9 Å². The maximum Gasteiger partial charge on any atom is 0.224 e. The number of aromatic nitrogens is 2. The Morgan fingerprint density at radius 3 is 2.70 bits per heavy atom. The number of hydrogen-bond donors (Lipinski definition) is 0. The highest BCUT2D eigenvalue weighted by Crippen LogP contribution is 2.43. The van der Waals surface area contributed by atoms with Crippen LogP contribution in [0, 0.1) is 0 Å². The third kappa shape index (κ3) is 2.51. The SMILES string of the molecule is CC1=CCC(C)N=C2N1c1cnc(Cl)nc1N(C(C)C)C2(C)C. The van der Waals surface area contributed by atoms with Gasteiger partial charge in [-0.2, -0.15) is 4.98 Å². The number of anilines is 2. The quantitative estimate of drug-likeness (QED) is 0.728. The first kappa shape index (κ1) is 16.2. The van der Waals surface area contributed by atoms with Gasteiger partial charge in [-0.15, -0.1) is 0 Å². The summed E-state index contributed by atoms with van der Waals surface area (Å²) >= 11 is 6.09. The van der Waals surface area contributed by atoms with Gasteiger partial charge in [0, 0.05) is 11.7 Å². The molecule has 6 heteroatoms. The topological polar surface area (TPSA) is 44.6 Å². The third-order valence-electron chi connectivity index (χ3n) is 4.52. The fourth-order valence-corrected chi connectivity index (χ4v) is 3.73. The first-order valence-corrected chi connectivity index (χ1v) is 8.48. The van der Waals surface area contributed by atoms with Crippen molar-refractivity contribution in [3.8, 4) is 0 Å². The van der Waals surface area contributed by atoms with E-state index in [1.165, 1.54) is 0 Å². The number of hydrogen-bond acceptors (Lipinski definition) is 5. The number of rotatable bonds is 1. The highest BCUT2D eigenvalue weighted by molar-refractivity contribution is 6.28. The number of aliphatic imine (C=N–C) groups is 1. The fraction of sp³-hybridized carbons (Fsp3) is 0.588. The average molecular weight is 334 g/mol. The average Bonchev–Trinajstić information content (AvgIpc) is 2.59. The molecule has 0 fully saturated rings. The van der Waals surface area contributed by atoms with E-state index in [1.54, 1.807) is 6.20 Å². The molecule has 2 aliphatic heterocycles. The maximum atomic E-state index is 6.09. The van der Waals surface area contributed by atoms with Crippen LogP contribution in [-0.4, -0.2) is 33.4 Å². The van der Waals surface area contributed by atoms with Crippen LogP contribution in [0.15, 0.2) is 23.0 Å². The Bertz CT molecular complexity index is 692. The Labute approximate surface area is 143 Å². The van der Waals surface area contributed by atoms with Crippen LogP contribution >= 0.6 is 11.6 Å². The first-order valence-electron chi connectivity index (χ1n) is 8.10. The van der Waals surface area contributed by atoms with Gasteiger partial charge in [0.05, 0.1) is 17.8 Å². The number of amidine groups is 1. The maximum absolute atomic E-state index is 6.09. The minimum absolute atomic E-state index is 0.257. The van der Waals surface area contributed by atoms with Gasteiger partial charge in [-0.1, -0.05) is 6.08 Å². The van der Waals surface area contributed by atoms with Crippen molar-refractivity contribution in [3.05, 3.63) is 23.3 Å². The van der Waals surface area contributed by atoms with Gasteiger partial charge in [-0.05, 0) is 59.6 Å². The molecule has 23 heavy (non-hydrogen) atoms. The lowest BCUT2D eigenvalue weighted by Crippen LogP contribution is -2.62. The molecule has 0 saturated heterocycles. The van der Waals surface area contributed by atoms with E-state index in [2.05, 4.69) is 67.4 Å². The summed E-state index contributed by atoms with van der Waals surface area (Å²) < 4.78 is 0. The van der Waals surface area contributed by atoms with Gasteiger partial charge in [-0.25, -0.2) is 4.98 Å². The zero-order valence-corrected chi connectivity index (χ0v) is 15.4. The number of allylic oxidation sites excluding steroid dienone is 1. The summed E-state index contributed by atoms with van der Waals surface area (Å²) in [6.45, 7) is 13.0. The molecule has 124 valence electrons. The lowest BCUT2D eigenvalue weighted by atomic mass is 9.93. The van der Waals surface area contributed by atoms with Gasteiger partial charge >= 0.3 is 0 Å². The Balaban J connectivity index is 2.33. The lowest BCUT2D eigenvalue weighted by Gasteiger charge is -2.51. The molecule has 0 spiro atoms. The predicted molar refractivity (Wildman–Crippen MR) is 96.5 cm³/mol. The van der Waals surface area contributed by atoms with E-state index in [9.17, 15) is 0 Å². The van der Waals surface area contributed by atoms with Crippen molar-refractivity contribution in [2.75, 3.05) is 9.80 Å². The summed E-state index contributed by atoms with van der Waals surface area (Å²) in [5.74, 6) is 1.91. The number of nitrogens with zero attached hydrogens (tertiary/aromatic N) is 5. The van der Waals surface area contributed by atoms with E-state index in [0.717, 1.165) is 29.5 Å². The molecule has 5 nitrogen and oxygen atoms in total. The van der Waals surface area contributed by atoms with E-state index in [0.29, 0.717) is 0 Å². The Morgan fingerprint density at radius 1 is 1.35 bits per heavy atom. The van der Waals surface area contributed by atoms with Gasteiger partial charge in [0.1, 0.15) is 11.5 Å². The predicted octanol–water partition coefficient (Wildman–Crippen LogP) is 4.04. The van der Waals surface area contributed by atoms with Gasteiger partial charge in [0.15, 0.2) is 5.82 Å². The first-order chi connectivity index (χ1) is 10.7. The lowest BCUT2D eigenvalue weighted by molar-refractivity contribution is 0.515. The van der Waals surface area contributed by atoms with Gasteiger partial charge in [-0.3, -0.25) is 9.89 Å². The Hall–Kier alpha value is -1.62.